The Kier molecular flexibility index (Phi) is 12.5. The number of halogens is 3. The van der Waals surface area contributed by atoms with Crippen LogP contribution in [-0.2, 0) is 14.4 Å². The number of aliphatic hydroxyl groups excluding tert-OH is 2. The van der Waals surface area contributed by atoms with Gasteiger partial charge in [-0.05, 0) is 25.7 Å². The van der Waals surface area contributed by atoms with E-state index in [1.807, 2.05) is 4.90 Å². The first-order valence-electron chi connectivity index (χ1n) is 11.2. The Hall–Kier alpha value is -2.98. The SMILES string of the molecule is N[C@@H](CCCN=C1N=C2[C@@H](C[C@H](O)[C@H](O)CN2CCCCCC(=O)O)N1)C(=O)O.O=C(O)C(F)(F)F. The lowest BCUT2D eigenvalue weighted by Crippen LogP contribution is -2.42. The van der Waals surface area contributed by atoms with E-state index >= 15 is 0 Å². The number of carbonyl (C=O) groups is 3. The minimum Gasteiger partial charge on any atom is -0.481 e. The molecule has 0 aromatic rings. The maximum Gasteiger partial charge on any atom is 0.490 e. The van der Waals surface area contributed by atoms with Crippen LogP contribution in [0.2, 0.25) is 0 Å². The first-order valence-corrected chi connectivity index (χ1v) is 11.2. The zero-order valence-electron chi connectivity index (χ0n) is 19.4. The number of aliphatic hydroxyl groups is 2. The van der Waals surface area contributed by atoms with Gasteiger partial charge in [0.2, 0.25) is 5.96 Å². The summed E-state index contributed by atoms with van der Waals surface area (Å²) in [5.41, 5.74) is 5.47. The number of β-amino-alcohol motifs (C(OH)–C–C–N with tert-alkyl or cyclic N) is 1. The van der Waals surface area contributed by atoms with Gasteiger partial charge in [0.15, 0.2) is 0 Å². The van der Waals surface area contributed by atoms with Gasteiger partial charge < -0.3 is 41.5 Å². The summed E-state index contributed by atoms with van der Waals surface area (Å²) in [6.07, 6.45) is -3.49. The molecule has 36 heavy (non-hydrogen) atoms. The number of nitrogens with two attached hydrogens (primary N) is 1. The Morgan fingerprint density at radius 1 is 1.11 bits per heavy atom. The molecule has 0 aromatic carbocycles. The van der Waals surface area contributed by atoms with Crippen molar-refractivity contribution < 1.29 is 53.1 Å². The van der Waals surface area contributed by atoms with E-state index < -0.39 is 42.3 Å². The lowest BCUT2D eigenvalue weighted by atomic mass is 10.1. The van der Waals surface area contributed by atoms with Gasteiger partial charge in [0.25, 0.3) is 0 Å². The molecule has 2 heterocycles. The molecule has 1 fully saturated rings. The van der Waals surface area contributed by atoms with Crippen molar-refractivity contribution in [1.29, 1.82) is 0 Å². The highest BCUT2D eigenvalue weighted by Crippen LogP contribution is 2.19. The average Bonchev–Trinajstić information content (AvgIpc) is 3.12. The number of nitrogens with zero attached hydrogens (tertiary/aromatic N) is 3. The number of carboxylic acids is 3. The highest BCUT2D eigenvalue weighted by Gasteiger charge is 2.38. The molecule has 0 aromatic heterocycles. The van der Waals surface area contributed by atoms with Gasteiger partial charge in [0.05, 0.1) is 18.2 Å². The molecular weight excluding hydrogens is 495 g/mol. The molecule has 0 aliphatic carbocycles. The molecule has 0 radical (unpaired) electrons. The second kappa shape index (κ2) is 14.5. The lowest BCUT2D eigenvalue weighted by Gasteiger charge is -2.25. The van der Waals surface area contributed by atoms with Crippen molar-refractivity contribution in [3.8, 4) is 0 Å². The van der Waals surface area contributed by atoms with Crippen molar-refractivity contribution in [3.05, 3.63) is 0 Å². The summed E-state index contributed by atoms with van der Waals surface area (Å²) in [5.74, 6) is -3.47. The average molecular weight is 527 g/mol. The zero-order chi connectivity index (χ0) is 27.5. The number of likely N-dealkylation sites (tertiary alicyclic amines) is 1. The minimum absolute atomic E-state index is 0.134. The van der Waals surface area contributed by atoms with Gasteiger partial charge in [0.1, 0.15) is 11.9 Å². The van der Waals surface area contributed by atoms with Crippen molar-refractivity contribution >= 4 is 29.7 Å². The van der Waals surface area contributed by atoms with Crippen molar-refractivity contribution in [2.75, 3.05) is 19.6 Å². The molecule has 0 bridgehead atoms. The second-order valence-corrected chi connectivity index (χ2v) is 8.28. The van der Waals surface area contributed by atoms with Crippen LogP contribution in [0.25, 0.3) is 0 Å². The molecule has 13 nitrogen and oxygen atoms in total. The fraction of sp³-hybridized carbons (Fsp3) is 0.750. The topological polar surface area (TPSA) is 218 Å². The Morgan fingerprint density at radius 3 is 2.31 bits per heavy atom. The zero-order valence-corrected chi connectivity index (χ0v) is 19.4. The van der Waals surface area contributed by atoms with Crippen molar-refractivity contribution in [1.82, 2.24) is 10.2 Å². The van der Waals surface area contributed by atoms with E-state index in [2.05, 4.69) is 15.3 Å². The van der Waals surface area contributed by atoms with Crippen LogP contribution in [0.15, 0.2) is 9.98 Å². The number of aliphatic carboxylic acids is 3. The summed E-state index contributed by atoms with van der Waals surface area (Å²) in [4.78, 5) is 41.0. The van der Waals surface area contributed by atoms with E-state index in [-0.39, 0.29) is 19.0 Å². The predicted octanol–water partition coefficient (Wildman–Crippen LogP) is -0.389. The Balaban J connectivity index is 0.000000809. The first-order chi connectivity index (χ1) is 16.7. The maximum atomic E-state index is 10.7. The summed E-state index contributed by atoms with van der Waals surface area (Å²) in [7, 11) is 0. The maximum absolute atomic E-state index is 10.7. The second-order valence-electron chi connectivity index (χ2n) is 8.28. The van der Waals surface area contributed by atoms with Gasteiger partial charge in [0, 0.05) is 32.5 Å². The van der Waals surface area contributed by atoms with E-state index in [4.69, 9.17) is 25.8 Å². The largest absolute Gasteiger partial charge is 0.490 e. The normalized spacial score (nSPS) is 23.5. The third-order valence-electron chi connectivity index (χ3n) is 5.30. The molecule has 2 rings (SSSR count). The van der Waals surface area contributed by atoms with Gasteiger partial charge in [-0.25, -0.2) is 4.79 Å². The molecule has 2 aliphatic heterocycles. The van der Waals surface area contributed by atoms with Crippen LogP contribution in [0.3, 0.4) is 0 Å². The first kappa shape index (κ1) is 31.1. The van der Waals surface area contributed by atoms with Crippen molar-refractivity contribution in [3.63, 3.8) is 0 Å². The summed E-state index contributed by atoms with van der Waals surface area (Å²) < 4.78 is 31.7. The fourth-order valence-electron chi connectivity index (χ4n) is 3.40. The monoisotopic (exact) mass is 527 g/mol. The number of aliphatic imine (C=N–C) groups is 2. The van der Waals surface area contributed by atoms with E-state index in [9.17, 15) is 33.0 Å². The standard InChI is InChI=1S/C18H31N5O6.C2HF3O2/c19-11(17(28)29)5-4-7-20-18-21-12-9-13(24)14(25)10-23(16(12)22-18)8-3-1-2-6-15(26)27;3-2(4,5)1(6)7/h11-14,24-25H,1-10,19H2,(H,20,21)(H,26,27)(H,28,29);(H,6,7)/t11-,12+,13-,14+;/m0./s1. The third kappa shape index (κ3) is 11.2. The number of rotatable bonds is 11. The number of unbranched alkanes of at least 4 members (excludes halogenated alkanes) is 2. The van der Waals surface area contributed by atoms with E-state index in [1.54, 1.807) is 0 Å². The molecule has 8 N–H and O–H groups in total. The number of nitrogens with one attached hydrogen (secondary N) is 1. The number of fused-ring (bicyclic) bond motifs is 1. The van der Waals surface area contributed by atoms with Crippen LogP contribution >= 0.6 is 0 Å². The molecular formula is C20H32F3N5O8. The number of guanidine groups is 1. The lowest BCUT2D eigenvalue weighted by molar-refractivity contribution is -0.192. The van der Waals surface area contributed by atoms with Gasteiger partial charge in [-0.3, -0.25) is 14.6 Å². The summed E-state index contributed by atoms with van der Waals surface area (Å²) in [5, 5.41) is 48.1. The van der Waals surface area contributed by atoms with Crippen molar-refractivity contribution in [2.45, 2.75) is 75.4 Å². The molecule has 1 saturated heterocycles. The fourth-order valence-corrected chi connectivity index (χ4v) is 3.40. The molecule has 0 unspecified atom stereocenters. The third-order valence-corrected chi connectivity index (χ3v) is 5.30. The summed E-state index contributed by atoms with van der Waals surface area (Å²) in [6, 6.07) is -1.17. The van der Waals surface area contributed by atoms with E-state index in [0.717, 1.165) is 12.8 Å². The number of alkyl halides is 3. The summed E-state index contributed by atoms with van der Waals surface area (Å²) in [6.45, 7) is 1.23. The Bertz CT molecular complexity index is 824. The Morgan fingerprint density at radius 2 is 1.75 bits per heavy atom. The smallest absolute Gasteiger partial charge is 0.481 e. The summed E-state index contributed by atoms with van der Waals surface area (Å²) >= 11 is 0. The van der Waals surface area contributed by atoms with Gasteiger partial charge >= 0.3 is 24.1 Å². The highest BCUT2D eigenvalue weighted by molar-refractivity contribution is 6.05. The Labute approximate surface area is 204 Å². The predicted molar refractivity (Wildman–Crippen MR) is 120 cm³/mol. The van der Waals surface area contributed by atoms with E-state index in [0.29, 0.717) is 50.6 Å². The van der Waals surface area contributed by atoms with Crippen LogP contribution in [0.1, 0.15) is 44.9 Å². The molecule has 206 valence electrons. The van der Waals surface area contributed by atoms with E-state index in [1.165, 1.54) is 0 Å². The molecule has 4 atom stereocenters. The van der Waals surface area contributed by atoms with Gasteiger partial charge in [-0.1, -0.05) is 6.42 Å². The minimum atomic E-state index is -5.08. The molecule has 0 spiro atoms. The van der Waals surface area contributed by atoms with Crippen molar-refractivity contribution in [2.24, 2.45) is 15.7 Å². The van der Waals surface area contributed by atoms with Crippen LogP contribution in [0.5, 0.6) is 0 Å². The quantitative estimate of drug-likeness (QED) is 0.172. The van der Waals surface area contributed by atoms with Crippen LogP contribution in [-0.4, -0.2) is 110 Å². The molecule has 2 aliphatic rings. The number of amidine groups is 1. The van der Waals surface area contributed by atoms with Crippen LogP contribution in [0, 0.1) is 0 Å². The number of hydrogen-bond donors (Lipinski definition) is 7. The van der Waals surface area contributed by atoms with Crippen LogP contribution < -0.4 is 11.1 Å². The van der Waals surface area contributed by atoms with Gasteiger partial charge in [-0.2, -0.15) is 18.2 Å². The number of hydrogen-bond acceptors (Lipinski definition) is 8. The number of carboxylic acid groups (broad SMARTS) is 3. The van der Waals surface area contributed by atoms with Gasteiger partial charge in [-0.15, -0.1) is 0 Å². The molecule has 0 saturated carbocycles. The van der Waals surface area contributed by atoms with Crippen LogP contribution in [0.4, 0.5) is 13.2 Å². The molecule has 16 heteroatoms. The molecule has 0 amide bonds. The highest BCUT2D eigenvalue weighted by atomic mass is 19.4.